The minimum absolute atomic E-state index is 0.363. The van der Waals surface area contributed by atoms with E-state index in [0.717, 1.165) is 13.2 Å². The first-order chi connectivity index (χ1) is 8.75. The molecule has 0 heterocycles. The highest BCUT2D eigenvalue weighted by Gasteiger charge is 2.34. The number of aliphatic carboxylic acids is 1. The lowest BCUT2D eigenvalue weighted by atomic mass is 10.2. The second-order valence-electron chi connectivity index (χ2n) is 3.26. The van der Waals surface area contributed by atoms with Gasteiger partial charge in [-0.2, -0.15) is 13.2 Å². The number of ether oxygens (including phenoxy) is 2. The number of carbonyl (C=O) groups is 1. The van der Waals surface area contributed by atoms with Gasteiger partial charge < -0.3 is 14.6 Å². The van der Waals surface area contributed by atoms with Crippen LogP contribution < -0.4 is 4.74 Å². The van der Waals surface area contributed by atoms with E-state index in [1.165, 1.54) is 0 Å². The highest BCUT2D eigenvalue weighted by Crippen LogP contribution is 2.33. The number of carboxylic acids is 1. The predicted molar refractivity (Wildman–Crippen MR) is 54.8 cm³/mol. The van der Waals surface area contributed by atoms with Crippen LogP contribution in [0.3, 0.4) is 0 Å². The zero-order valence-corrected chi connectivity index (χ0v) is 9.49. The summed E-state index contributed by atoms with van der Waals surface area (Å²) in [7, 11) is 1.14. The molecule has 0 saturated heterocycles. The van der Waals surface area contributed by atoms with Crippen LogP contribution in [0.15, 0.2) is 30.2 Å². The molecule has 19 heavy (non-hydrogen) atoms. The topological polar surface area (TPSA) is 55.8 Å². The van der Waals surface area contributed by atoms with Gasteiger partial charge >= 0.3 is 12.1 Å². The zero-order valence-electron chi connectivity index (χ0n) is 9.49. The number of hydrogen-bond donors (Lipinski definition) is 1. The van der Waals surface area contributed by atoms with Gasteiger partial charge in [-0.05, 0) is 18.2 Å². The minimum Gasteiger partial charge on any atom is -0.500 e. The molecule has 0 fully saturated rings. The highest BCUT2D eigenvalue weighted by molar-refractivity contribution is 5.84. The minimum atomic E-state index is -4.90. The van der Waals surface area contributed by atoms with Gasteiger partial charge in [-0.15, -0.1) is 0 Å². The van der Waals surface area contributed by atoms with Crippen LogP contribution in [0.2, 0.25) is 0 Å². The Morgan fingerprint density at radius 1 is 1.37 bits per heavy atom. The third-order valence-corrected chi connectivity index (χ3v) is 1.91. The Kier molecular flexibility index (Phi) is 4.36. The van der Waals surface area contributed by atoms with Crippen LogP contribution in [0.5, 0.6) is 5.75 Å². The molecule has 0 aromatic heterocycles. The summed E-state index contributed by atoms with van der Waals surface area (Å²) in [4.78, 5) is 10.7. The number of halogens is 4. The maximum absolute atomic E-state index is 13.0. The Balaban J connectivity index is 3.10. The van der Waals surface area contributed by atoms with Gasteiger partial charge in [0.05, 0.1) is 12.7 Å². The first kappa shape index (κ1) is 14.8. The van der Waals surface area contributed by atoms with Gasteiger partial charge in [0.1, 0.15) is 17.8 Å². The van der Waals surface area contributed by atoms with Gasteiger partial charge in [-0.1, -0.05) is 0 Å². The summed E-state index contributed by atoms with van der Waals surface area (Å²) in [6, 6.07) is 1.77. The van der Waals surface area contributed by atoms with Crippen LogP contribution in [0.4, 0.5) is 17.6 Å². The van der Waals surface area contributed by atoms with E-state index in [-0.39, 0.29) is 0 Å². The molecule has 0 bridgehead atoms. The second-order valence-corrected chi connectivity index (χ2v) is 3.26. The fourth-order valence-corrected chi connectivity index (χ4v) is 1.14. The molecule has 4 nitrogen and oxygen atoms in total. The summed E-state index contributed by atoms with van der Waals surface area (Å²) in [5.74, 6) is -4.23. The maximum Gasteiger partial charge on any atom is 0.419 e. The van der Waals surface area contributed by atoms with Gasteiger partial charge in [0.25, 0.3) is 0 Å². The summed E-state index contributed by atoms with van der Waals surface area (Å²) in [5.41, 5.74) is -1.55. The smallest absolute Gasteiger partial charge is 0.419 e. The van der Waals surface area contributed by atoms with E-state index in [1.807, 2.05) is 0 Å². The maximum atomic E-state index is 13.0. The molecule has 0 saturated carbocycles. The quantitative estimate of drug-likeness (QED) is 0.523. The molecule has 0 aliphatic carbocycles. The van der Waals surface area contributed by atoms with Crippen molar-refractivity contribution in [1.29, 1.82) is 0 Å². The molecule has 0 unspecified atom stereocenters. The van der Waals surface area contributed by atoms with E-state index < -0.39 is 35.0 Å². The standard InChI is InChI=1S/C11H8F4O4/c1-18-5-9(10(16)17)19-6-2-3-8(12)7(4-6)11(13,14)15/h2-5H,1H3,(H,16,17)/b9-5-. The van der Waals surface area contributed by atoms with E-state index in [9.17, 15) is 22.4 Å². The Bertz CT molecular complexity index is 508. The average Bonchev–Trinajstić information content (AvgIpc) is 2.29. The van der Waals surface area contributed by atoms with Crippen LogP contribution in [0.25, 0.3) is 0 Å². The lowest BCUT2D eigenvalue weighted by Crippen LogP contribution is -2.11. The van der Waals surface area contributed by atoms with Gasteiger partial charge in [0.15, 0.2) is 0 Å². The Labute approximate surface area is 104 Å². The van der Waals surface area contributed by atoms with E-state index >= 15 is 0 Å². The summed E-state index contributed by atoms with van der Waals surface area (Å²) >= 11 is 0. The molecule has 0 radical (unpaired) electrons. The summed E-state index contributed by atoms with van der Waals surface area (Å²) in [5, 5.41) is 8.68. The van der Waals surface area contributed by atoms with Crippen molar-refractivity contribution in [3.63, 3.8) is 0 Å². The highest BCUT2D eigenvalue weighted by atomic mass is 19.4. The molecule has 0 amide bonds. The van der Waals surface area contributed by atoms with Crippen molar-refractivity contribution < 1.29 is 36.9 Å². The molecule has 8 heteroatoms. The van der Waals surface area contributed by atoms with Gasteiger partial charge in [-0.3, -0.25) is 0 Å². The molecule has 1 N–H and O–H groups in total. The summed E-state index contributed by atoms with van der Waals surface area (Å²) in [6.45, 7) is 0. The third-order valence-electron chi connectivity index (χ3n) is 1.91. The molecule has 1 aromatic rings. The van der Waals surface area contributed by atoms with Crippen molar-refractivity contribution in [3.8, 4) is 5.75 Å². The Morgan fingerprint density at radius 2 is 2.00 bits per heavy atom. The van der Waals surface area contributed by atoms with E-state index in [2.05, 4.69) is 9.47 Å². The van der Waals surface area contributed by atoms with Gasteiger partial charge in [0, 0.05) is 0 Å². The van der Waals surface area contributed by atoms with Crippen molar-refractivity contribution in [2.75, 3.05) is 7.11 Å². The van der Waals surface area contributed by atoms with Crippen molar-refractivity contribution in [3.05, 3.63) is 41.6 Å². The fourth-order valence-electron chi connectivity index (χ4n) is 1.14. The van der Waals surface area contributed by atoms with E-state index in [0.29, 0.717) is 18.4 Å². The van der Waals surface area contributed by atoms with Crippen LogP contribution in [-0.2, 0) is 15.7 Å². The second kappa shape index (κ2) is 5.59. The fraction of sp³-hybridized carbons (Fsp3) is 0.182. The molecular formula is C11H8F4O4. The van der Waals surface area contributed by atoms with Gasteiger partial charge in [-0.25, -0.2) is 9.18 Å². The summed E-state index contributed by atoms with van der Waals surface area (Å²) in [6.07, 6.45) is -4.21. The van der Waals surface area contributed by atoms with Crippen LogP contribution in [0, 0.1) is 5.82 Å². The number of benzene rings is 1. The lowest BCUT2D eigenvalue weighted by Gasteiger charge is -2.11. The number of alkyl halides is 3. The van der Waals surface area contributed by atoms with Crippen LogP contribution in [-0.4, -0.2) is 18.2 Å². The van der Waals surface area contributed by atoms with Crippen molar-refractivity contribution >= 4 is 5.97 Å². The molecule has 1 aromatic carbocycles. The van der Waals surface area contributed by atoms with Gasteiger partial charge in [0.2, 0.25) is 5.76 Å². The average molecular weight is 280 g/mol. The van der Waals surface area contributed by atoms with Crippen LogP contribution in [0.1, 0.15) is 5.56 Å². The first-order valence-corrected chi connectivity index (χ1v) is 4.76. The van der Waals surface area contributed by atoms with Crippen LogP contribution >= 0.6 is 0 Å². The molecule has 0 aliphatic rings. The Hall–Kier alpha value is -2.25. The lowest BCUT2D eigenvalue weighted by molar-refractivity contribution is -0.140. The largest absolute Gasteiger partial charge is 0.500 e. The van der Waals surface area contributed by atoms with Crippen molar-refractivity contribution in [2.24, 2.45) is 0 Å². The molecule has 1 rings (SSSR count). The summed E-state index contributed by atoms with van der Waals surface area (Å²) < 4.78 is 59.3. The first-order valence-electron chi connectivity index (χ1n) is 4.76. The molecule has 0 aliphatic heterocycles. The normalized spacial score (nSPS) is 12.2. The number of rotatable bonds is 4. The van der Waals surface area contributed by atoms with Crippen molar-refractivity contribution in [2.45, 2.75) is 6.18 Å². The Morgan fingerprint density at radius 3 is 2.47 bits per heavy atom. The monoisotopic (exact) mass is 280 g/mol. The molecular weight excluding hydrogens is 272 g/mol. The number of methoxy groups -OCH3 is 1. The molecule has 0 atom stereocenters. The van der Waals surface area contributed by atoms with E-state index in [1.54, 1.807) is 0 Å². The van der Waals surface area contributed by atoms with E-state index in [4.69, 9.17) is 5.11 Å². The third kappa shape index (κ3) is 3.87. The van der Waals surface area contributed by atoms with Crippen molar-refractivity contribution in [1.82, 2.24) is 0 Å². The number of hydrogen-bond acceptors (Lipinski definition) is 3. The zero-order chi connectivity index (χ0) is 14.6. The molecule has 0 spiro atoms. The molecule has 104 valence electrons. The predicted octanol–water partition coefficient (Wildman–Crippen LogP) is 2.80. The number of carboxylic acid groups (broad SMARTS) is 1. The SMILES string of the molecule is CO/C=C(\Oc1ccc(F)c(C(F)(F)F)c1)C(=O)O.